The van der Waals surface area contributed by atoms with E-state index in [0.717, 1.165) is 24.4 Å². The van der Waals surface area contributed by atoms with Crippen molar-refractivity contribution in [1.82, 2.24) is 4.90 Å². The van der Waals surface area contributed by atoms with Crippen LogP contribution in [0.25, 0.3) is 0 Å². The fourth-order valence-electron chi connectivity index (χ4n) is 4.05. The number of rotatable bonds is 5. The summed E-state index contributed by atoms with van der Waals surface area (Å²) in [6, 6.07) is 0.914. The quantitative estimate of drug-likeness (QED) is 0.812. The topological polar surface area (TPSA) is 29.3 Å². The molecule has 2 N–H and O–H groups in total. The van der Waals surface area contributed by atoms with E-state index in [9.17, 15) is 0 Å². The predicted molar refractivity (Wildman–Crippen MR) is 78.6 cm³/mol. The molecule has 2 heteroatoms. The molecule has 0 amide bonds. The lowest BCUT2D eigenvalue weighted by Crippen LogP contribution is -2.43. The number of hydrogen-bond acceptors (Lipinski definition) is 2. The third-order valence-electron chi connectivity index (χ3n) is 5.25. The van der Waals surface area contributed by atoms with E-state index in [1.165, 1.54) is 70.9 Å². The Bertz CT molecular complexity index is 189. The van der Waals surface area contributed by atoms with Gasteiger partial charge in [0.25, 0.3) is 0 Å². The summed E-state index contributed by atoms with van der Waals surface area (Å²) >= 11 is 0. The molecule has 2 fully saturated rings. The van der Waals surface area contributed by atoms with Crippen molar-refractivity contribution in [3.63, 3.8) is 0 Å². The second-order valence-electron chi connectivity index (χ2n) is 6.52. The molecule has 1 aliphatic heterocycles. The van der Waals surface area contributed by atoms with Crippen molar-refractivity contribution in [2.24, 2.45) is 17.6 Å². The van der Waals surface area contributed by atoms with Crippen LogP contribution in [0.5, 0.6) is 0 Å². The lowest BCUT2D eigenvalue weighted by Gasteiger charge is -2.41. The maximum absolute atomic E-state index is 5.67. The largest absolute Gasteiger partial charge is 0.330 e. The molecule has 18 heavy (non-hydrogen) atoms. The normalized spacial score (nSPS) is 31.7. The molecule has 1 heterocycles. The Morgan fingerprint density at radius 3 is 2.06 bits per heavy atom. The number of hydrogen-bond donors (Lipinski definition) is 1. The molecule has 1 aliphatic carbocycles. The van der Waals surface area contributed by atoms with Crippen molar-refractivity contribution >= 4 is 0 Å². The second-order valence-corrected chi connectivity index (χ2v) is 6.52. The zero-order valence-electron chi connectivity index (χ0n) is 12.2. The molecule has 0 aromatic heterocycles. The van der Waals surface area contributed by atoms with E-state index in [4.69, 9.17) is 5.73 Å². The van der Waals surface area contributed by atoms with Crippen molar-refractivity contribution in [2.45, 2.75) is 70.8 Å². The van der Waals surface area contributed by atoms with Gasteiger partial charge in [-0.25, -0.2) is 0 Å². The Balaban J connectivity index is 1.68. The molecule has 0 radical (unpaired) electrons. The monoisotopic (exact) mass is 252 g/mol. The summed E-state index contributed by atoms with van der Waals surface area (Å²) in [5.74, 6) is 1.96. The fraction of sp³-hybridized carbons (Fsp3) is 1.00. The third kappa shape index (κ3) is 3.96. The van der Waals surface area contributed by atoms with Crippen LogP contribution in [0.3, 0.4) is 0 Å². The molecular formula is C16H32N2. The Morgan fingerprint density at radius 1 is 0.889 bits per heavy atom. The van der Waals surface area contributed by atoms with Crippen LogP contribution in [-0.2, 0) is 0 Å². The minimum absolute atomic E-state index is 0.882. The first-order chi connectivity index (χ1) is 8.83. The van der Waals surface area contributed by atoms with Crippen molar-refractivity contribution < 1.29 is 0 Å². The molecule has 0 spiro atoms. The zero-order chi connectivity index (χ0) is 12.8. The van der Waals surface area contributed by atoms with Gasteiger partial charge in [0, 0.05) is 6.04 Å². The van der Waals surface area contributed by atoms with Gasteiger partial charge in [0.15, 0.2) is 0 Å². The van der Waals surface area contributed by atoms with Gasteiger partial charge in [-0.05, 0) is 76.4 Å². The molecule has 0 unspecified atom stereocenters. The SMILES string of the molecule is CCCC1CCC(N2CCC(CCN)CC2)CC1. The van der Waals surface area contributed by atoms with Crippen LogP contribution < -0.4 is 5.73 Å². The average Bonchev–Trinajstić information content (AvgIpc) is 2.41. The number of piperidine rings is 1. The van der Waals surface area contributed by atoms with Crippen molar-refractivity contribution in [3.8, 4) is 0 Å². The fourth-order valence-corrected chi connectivity index (χ4v) is 4.05. The maximum Gasteiger partial charge on any atom is 0.00954 e. The molecule has 0 bridgehead atoms. The summed E-state index contributed by atoms with van der Waals surface area (Å²) in [5.41, 5.74) is 5.67. The standard InChI is InChI=1S/C16H32N2/c1-2-3-14-4-6-16(7-5-14)18-12-9-15(8-11-17)10-13-18/h14-16H,2-13,17H2,1H3. The van der Waals surface area contributed by atoms with Crippen LogP contribution in [0.15, 0.2) is 0 Å². The van der Waals surface area contributed by atoms with Gasteiger partial charge in [-0.3, -0.25) is 0 Å². The van der Waals surface area contributed by atoms with Crippen molar-refractivity contribution in [1.29, 1.82) is 0 Å². The van der Waals surface area contributed by atoms with Crippen LogP contribution in [0, 0.1) is 11.8 Å². The summed E-state index contributed by atoms with van der Waals surface area (Å²) in [5, 5.41) is 0. The van der Waals surface area contributed by atoms with Crippen molar-refractivity contribution in [2.75, 3.05) is 19.6 Å². The number of nitrogens with two attached hydrogens (primary N) is 1. The number of likely N-dealkylation sites (tertiary alicyclic amines) is 1. The van der Waals surface area contributed by atoms with Gasteiger partial charge >= 0.3 is 0 Å². The Morgan fingerprint density at radius 2 is 1.50 bits per heavy atom. The summed E-state index contributed by atoms with van der Waals surface area (Å²) in [7, 11) is 0. The smallest absolute Gasteiger partial charge is 0.00954 e. The predicted octanol–water partition coefficient (Wildman–Crippen LogP) is 3.41. The van der Waals surface area contributed by atoms with E-state index in [2.05, 4.69) is 11.8 Å². The molecule has 0 aromatic rings. The van der Waals surface area contributed by atoms with Crippen LogP contribution in [0.4, 0.5) is 0 Å². The Hall–Kier alpha value is -0.0800. The first-order valence-electron chi connectivity index (χ1n) is 8.27. The lowest BCUT2D eigenvalue weighted by molar-refractivity contribution is 0.0915. The van der Waals surface area contributed by atoms with Gasteiger partial charge in [0.1, 0.15) is 0 Å². The van der Waals surface area contributed by atoms with Gasteiger partial charge in [0.05, 0.1) is 0 Å². The summed E-state index contributed by atoms with van der Waals surface area (Å²) in [4.78, 5) is 2.79. The Labute approximate surface area is 113 Å². The summed E-state index contributed by atoms with van der Waals surface area (Å²) < 4.78 is 0. The lowest BCUT2D eigenvalue weighted by atomic mass is 9.82. The molecule has 106 valence electrons. The highest BCUT2D eigenvalue weighted by Crippen LogP contribution is 2.32. The number of nitrogens with zero attached hydrogens (tertiary/aromatic N) is 1. The molecule has 1 saturated heterocycles. The average molecular weight is 252 g/mol. The first kappa shape index (κ1) is 14.3. The minimum Gasteiger partial charge on any atom is -0.330 e. The highest BCUT2D eigenvalue weighted by atomic mass is 15.2. The molecule has 2 rings (SSSR count). The molecule has 0 aromatic carbocycles. The van der Waals surface area contributed by atoms with Crippen LogP contribution >= 0.6 is 0 Å². The van der Waals surface area contributed by atoms with Crippen LogP contribution in [0.1, 0.15) is 64.7 Å². The molecular weight excluding hydrogens is 220 g/mol. The zero-order valence-corrected chi connectivity index (χ0v) is 12.2. The van der Waals surface area contributed by atoms with E-state index >= 15 is 0 Å². The van der Waals surface area contributed by atoms with E-state index < -0.39 is 0 Å². The highest BCUT2D eigenvalue weighted by Gasteiger charge is 2.28. The Kier molecular flexibility index (Phi) is 5.97. The van der Waals surface area contributed by atoms with Gasteiger partial charge in [0.2, 0.25) is 0 Å². The molecule has 2 nitrogen and oxygen atoms in total. The summed E-state index contributed by atoms with van der Waals surface area (Å²) in [6.45, 7) is 5.89. The third-order valence-corrected chi connectivity index (χ3v) is 5.25. The van der Waals surface area contributed by atoms with E-state index in [1.54, 1.807) is 0 Å². The summed E-state index contributed by atoms with van der Waals surface area (Å²) in [6.07, 6.45) is 12.8. The van der Waals surface area contributed by atoms with Gasteiger partial charge in [-0.1, -0.05) is 19.8 Å². The minimum atomic E-state index is 0.882. The van der Waals surface area contributed by atoms with Crippen LogP contribution in [0.2, 0.25) is 0 Å². The van der Waals surface area contributed by atoms with Gasteiger partial charge in [-0.15, -0.1) is 0 Å². The van der Waals surface area contributed by atoms with E-state index in [1.807, 2.05) is 0 Å². The second kappa shape index (κ2) is 7.49. The van der Waals surface area contributed by atoms with Gasteiger partial charge < -0.3 is 10.6 Å². The van der Waals surface area contributed by atoms with E-state index in [-0.39, 0.29) is 0 Å². The van der Waals surface area contributed by atoms with Gasteiger partial charge in [-0.2, -0.15) is 0 Å². The van der Waals surface area contributed by atoms with Crippen molar-refractivity contribution in [3.05, 3.63) is 0 Å². The first-order valence-corrected chi connectivity index (χ1v) is 8.27. The molecule has 0 atom stereocenters. The molecule has 2 aliphatic rings. The van der Waals surface area contributed by atoms with Crippen LogP contribution in [-0.4, -0.2) is 30.6 Å². The maximum atomic E-state index is 5.67. The molecule has 1 saturated carbocycles. The van der Waals surface area contributed by atoms with E-state index in [0.29, 0.717) is 0 Å². The highest BCUT2D eigenvalue weighted by molar-refractivity contribution is 4.83.